The molecule has 0 fully saturated rings. The van der Waals surface area contributed by atoms with Crippen LogP contribution in [0.4, 0.5) is 23.8 Å². The summed E-state index contributed by atoms with van der Waals surface area (Å²) in [7, 11) is 7.82. The second kappa shape index (κ2) is 9.67. The van der Waals surface area contributed by atoms with Gasteiger partial charge in [-0.05, 0) is 31.2 Å². The lowest BCUT2D eigenvalue weighted by Gasteiger charge is -2.13. The Morgan fingerprint density at radius 2 is 1.67 bits per heavy atom. The molecule has 4 aromatic heterocycles. The standard InChI is InChI=1S/C21H32N12/c1-14-6-7-17(24-14)13-32(4)20-26-18(27-29-20)22-11-10-15-8-9-16(25-15)12-23-19-28-30-21(31(2)3)33(19)5/h6-9,24-25H,10-13H2,1-5H3,(H,23,28)(H2,22,26,27,29). The van der Waals surface area contributed by atoms with E-state index in [1.807, 2.05) is 49.5 Å². The number of H-pyrrole nitrogens is 3. The summed E-state index contributed by atoms with van der Waals surface area (Å²) in [5, 5.41) is 23.4. The molecule has 0 aliphatic rings. The molecule has 176 valence electrons. The van der Waals surface area contributed by atoms with Gasteiger partial charge in [-0.1, -0.05) is 0 Å². The van der Waals surface area contributed by atoms with E-state index in [9.17, 15) is 0 Å². The Morgan fingerprint density at radius 3 is 2.39 bits per heavy atom. The van der Waals surface area contributed by atoms with Gasteiger partial charge in [-0.25, -0.2) is 0 Å². The molecule has 12 nitrogen and oxygen atoms in total. The first-order chi connectivity index (χ1) is 15.9. The van der Waals surface area contributed by atoms with E-state index in [-0.39, 0.29) is 0 Å². The molecule has 0 aliphatic carbocycles. The fourth-order valence-electron chi connectivity index (χ4n) is 3.58. The maximum Gasteiger partial charge on any atom is 0.227 e. The van der Waals surface area contributed by atoms with Crippen LogP contribution in [-0.2, 0) is 26.6 Å². The average molecular weight is 453 g/mol. The van der Waals surface area contributed by atoms with Crippen molar-refractivity contribution in [1.82, 2.24) is 39.9 Å². The summed E-state index contributed by atoms with van der Waals surface area (Å²) in [4.78, 5) is 13.9. The summed E-state index contributed by atoms with van der Waals surface area (Å²) in [6.07, 6.45) is 0.836. The van der Waals surface area contributed by atoms with Crippen molar-refractivity contribution in [3.05, 3.63) is 47.0 Å². The van der Waals surface area contributed by atoms with Gasteiger partial charge in [0.25, 0.3) is 0 Å². The number of aromatic nitrogens is 8. The van der Waals surface area contributed by atoms with Crippen LogP contribution in [0.3, 0.4) is 0 Å². The van der Waals surface area contributed by atoms with Crippen LogP contribution in [0, 0.1) is 6.92 Å². The second-order valence-electron chi connectivity index (χ2n) is 8.34. The van der Waals surface area contributed by atoms with Gasteiger partial charge in [0.1, 0.15) is 0 Å². The third-order valence-corrected chi connectivity index (χ3v) is 5.32. The lowest BCUT2D eigenvalue weighted by molar-refractivity contribution is 0.848. The van der Waals surface area contributed by atoms with E-state index in [4.69, 9.17) is 0 Å². The fourth-order valence-corrected chi connectivity index (χ4v) is 3.58. The zero-order valence-corrected chi connectivity index (χ0v) is 19.8. The van der Waals surface area contributed by atoms with E-state index in [1.165, 1.54) is 0 Å². The lowest BCUT2D eigenvalue weighted by Crippen LogP contribution is -2.18. The number of aryl methyl sites for hydroxylation is 1. The first-order valence-corrected chi connectivity index (χ1v) is 10.9. The molecule has 4 aromatic rings. The average Bonchev–Trinajstić information content (AvgIpc) is 3.55. The van der Waals surface area contributed by atoms with E-state index in [0.717, 1.165) is 60.1 Å². The van der Waals surface area contributed by atoms with Crippen molar-refractivity contribution in [2.45, 2.75) is 26.4 Å². The van der Waals surface area contributed by atoms with Gasteiger partial charge in [0, 0.05) is 63.9 Å². The summed E-state index contributed by atoms with van der Waals surface area (Å²) in [5.74, 6) is 2.91. The highest BCUT2D eigenvalue weighted by atomic mass is 15.4. The summed E-state index contributed by atoms with van der Waals surface area (Å²) >= 11 is 0. The Balaban J connectivity index is 1.22. The van der Waals surface area contributed by atoms with Crippen LogP contribution in [0.1, 0.15) is 22.8 Å². The molecule has 5 N–H and O–H groups in total. The van der Waals surface area contributed by atoms with Gasteiger partial charge < -0.3 is 30.4 Å². The number of nitrogens with zero attached hydrogens (tertiary/aromatic N) is 7. The third-order valence-electron chi connectivity index (χ3n) is 5.32. The zero-order chi connectivity index (χ0) is 23.4. The van der Waals surface area contributed by atoms with Crippen molar-refractivity contribution in [3.8, 4) is 0 Å². The van der Waals surface area contributed by atoms with Crippen molar-refractivity contribution in [2.24, 2.45) is 7.05 Å². The minimum Gasteiger partial charge on any atom is -0.361 e. The van der Waals surface area contributed by atoms with Crippen LogP contribution in [0.15, 0.2) is 24.3 Å². The number of anilines is 4. The lowest BCUT2D eigenvalue weighted by atomic mass is 10.3. The summed E-state index contributed by atoms with van der Waals surface area (Å²) in [6.45, 7) is 4.15. The number of aromatic amines is 3. The minimum atomic E-state index is 0.644. The van der Waals surface area contributed by atoms with Gasteiger partial charge in [0.2, 0.25) is 23.8 Å². The predicted octanol–water partition coefficient (Wildman–Crippen LogP) is 1.87. The summed E-state index contributed by atoms with van der Waals surface area (Å²) in [6, 6.07) is 8.32. The Morgan fingerprint density at radius 1 is 0.879 bits per heavy atom. The van der Waals surface area contributed by atoms with E-state index >= 15 is 0 Å². The van der Waals surface area contributed by atoms with Crippen molar-refractivity contribution in [1.29, 1.82) is 0 Å². The first-order valence-electron chi connectivity index (χ1n) is 10.9. The van der Waals surface area contributed by atoms with Gasteiger partial charge >= 0.3 is 0 Å². The smallest absolute Gasteiger partial charge is 0.227 e. The van der Waals surface area contributed by atoms with E-state index < -0.39 is 0 Å². The maximum atomic E-state index is 4.23. The van der Waals surface area contributed by atoms with Gasteiger partial charge in [0.05, 0.1) is 13.1 Å². The molecular formula is C21H32N12. The van der Waals surface area contributed by atoms with E-state index in [1.54, 1.807) is 0 Å². The molecule has 0 unspecified atom stereocenters. The van der Waals surface area contributed by atoms with Crippen LogP contribution in [0.2, 0.25) is 0 Å². The minimum absolute atomic E-state index is 0.644. The molecule has 4 rings (SSSR count). The Bertz CT molecular complexity index is 1160. The van der Waals surface area contributed by atoms with Crippen LogP contribution in [0.5, 0.6) is 0 Å². The van der Waals surface area contributed by atoms with Crippen molar-refractivity contribution in [3.63, 3.8) is 0 Å². The number of hydrogen-bond acceptors (Lipinski definition) is 8. The molecule has 0 saturated carbocycles. The molecule has 12 heteroatoms. The van der Waals surface area contributed by atoms with Crippen molar-refractivity contribution < 1.29 is 0 Å². The van der Waals surface area contributed by atoms with E-state index in [0.29, 0.717) is 12.5 Å². The number of hydrogen-bond donors (Lipinski definition) is 5. The molecule has 0 bridgehead atoms. The third kappa shape index (κ3) is 5.45. The second-order valence-corrected chi connectivity index (χ2v) is 8.34. The molecule has 4 heterocycles. The van der Waals surface area contributed by atoms with Crippen LogP contribution < -0.4 is 20.4 Å². The molecule has 0 amide bonds. The number of rotatable bonds is 11. The SMILES string of the molecule is Cc1ccc(CN(C)c2nnc(NCCc3ccc(CNc4nnc(N(C)C)n4C)[nH]3)[nH]2)[nH]1. The molecule has 0 radical (unpaired) electrons. The largest absolute Gasteiger partial charge is 0.361 e. The fraction of sp³-hybridized carbons (Fsp3) is 0.429. The molecule has 0 atom stereocenters. The summed E-state index contributed by atoms with van der Waals surface area (Å²) < 4.78 is 1.93. The monoisotopic (exact) mass is 452 g/mol. The highest BCUT2D eigenvalue weighted by Crippen LogP contribution is 2.14. The van der Waals surface area contributed by atoms with Gasteiger partial charge in [-0.15, -0.1) is 20.4 Å². The Kier molecular flexibility index (Phi) is 6.52. The van der Waals surface area contributed by atoms with Gasteiger partial charge in [-0.3, -0.25) is 9.55 Å². The molecule has 0 spiro atoms. The molecular weight excluding hydrogens is 420 g/mol. The Hall–Kier alpha value is -3.96. The summed E-state index contributed by atoms with van der Waals surface area (Å²) in [5.41, 5.74) is 4.51. The van der Waals surface area contributed by atoms with Gasteiger partial charge in [0.15, 0.2) is 0 Å². The highest BCUT2D eigenvalue weighted by Gasteiger charge is 2.11. The molecule has 0 aromatic carbocycles. The highest BCUT2D eigenvalue weighted by molar-refractivity contribution is 5.39. The molecule has 0 aliphatic heterocycles. The predicted molar refractivity (Wildman–Crippen MR) is 130 cm³/mol. The van der Waals surface area contributed by atoms with Crippen molar-refractivity contribution in [2.75, 3.05) is 48.1 Å². The number of nitrogens with one attached hydrogen (secondary N) is 5. The Labute approximate surface area is 192 Å². The van der Waals surface area contributed by atoms with Crippen molar-refractivity contribution >= 4 is 23.8 Å². The van der Waals surface area contributed by atoms with E-state index in [2.05, 4.69) is 70.2 Å². The maximum absolute atomic E-state index is 4.23. The molecule has 0 saturated heterocycles. The van der Waals surface area contributed by atoms with Crippen LogP contribution in [0.25, 0.3) is 0 Å². The first kappa shape index (κ1) is 22.2. The zero-order valence-electron chi connectivity index (χ0n) is 19.8. The topological polar surface area (TPSA) is 134 Å². The van der Waals surface area contributed by atoms with Crippen LogP contribution >= 0.6 is 0 Å². The molecule has 33 heavy (non-hydrogen) atoms. The van der Waals surface area contributed by atoms with Gasteiger partial charge in [-0.2, -0.15) is 0 Å². The normalized spacial score (nSPS) is 11.1. The van der Waals surface area contributed by atoms with Crippen LogP contribution in [-0.4, -0.2) is 67.6 Å². The quantitative estimate of drug-likeness (QED) is 0.233.